The van der Waals surface area contributed by atoms with Crippen LogP contribution in [-0.2, 0) is 16.8 Å². The van der Waals surface area contributed by atoms with Crippen LogP contribution in [0.15, 0.2) is 42.5 Å². The Morgan fingerprint density at radius 2 is 1.86 bits per heavy atom. The third-order valence-corrected chi connectivity index (χ3v) is 11.0. The molecule has 1 saturated carbocycles. The first kappa shape index (κ1) is 30.8. The van der Waals surface area contributed by atoms with Crippen molar-refractivity contribution < 1.29 is 19.0 Å². The van der Waals surface area contributed by atoms with Crippen LogP contribution in [0.3, 0.4) is 0 Å². The minimum absolute atomic E-state index is 0.0135. The van der Waals surface area contributed by atoms with Gasteiger partial charge in [-0.25, -0.2) is 9.18 Å². The van der Waals surface area contributed by atoms with Crippen LogP contribution < -0.4 is 10.2 Å². The number of alkyl carbamates (subject to hydrolysis) is 1. The normalized spacial score (nSPS) is 24.6. The van der Waals surface area contributed by atoms with Crippen molar-refractivity contribution in [2.45, 2.75) is 56.6 Å². The number of ether oxygens (including phenoxy) is 1. The molecular weight excluding hydrogens is 557 g/mol. The maximum absolute atomic E-state index is 14.9. The summed E-state index contributed by atoms with van der Waals surface area (Å²) in [5, 5.41) is 22.1. The number of nitrogens with zero attached hydrogens (tertiary/aromatic N) is 4. The lowest BCUT2D eigenvalue weighted by Crippen LogP contribution is -2.60. The number of nitriles is 1. The molecule has 0 radical (unpaired) electrons. The van der Waals surface area contributed by atoms with Gasteiger partial charge in [0.05, 0.1) is 25.3 Å². The van der Waals surface area contributed by atoms with E-state index in [4.69, 9.17) is 4.74 Å². The lowest BCUT2D eigenvalue weighted by molar-refractivity contribution is 0.0223. The van der Waals surface area contributed by atoms with Crippen molar-refractivity contribution in [3.8, 4) is 6.07 Å². The number of methoxy groups -OCH3 is 1. The summed E-state index contributed by atoms with van der Waals surface area (Å²) in [6.07, 6.45) is 5.92. The van der Waals surface area contributed by atoms with Gasteiger partial charge in [0.25, 0.3) is 0 Å². The summed E-state index contributed by atoms with van der Waals surface area (Å²) in [5.41, 5.74) is 3.13. The summed E-state index contributed by atoms with van der Waals surface area (Å²) >= 11 is 0. The molecule has 6 rings (SSSR count). The van der Waals surface area contributed by atoms with Gasteiger partial charge in [-0.05, 0) is 112 Å². The number of halogens is 1. The minimum atomic E-state index is -0.378. The zero-order valence-electron chi connectivity index (χ0n) is 25.9. The molecule has 1 unspecified atom stereocenters. The highest BCUT2D eigenvalue weighted by atomic mass is 19.1. The number of piperidine rings is 1. The molecule has 2 aromatic carbocycles. The summed E-state index contributed by atoms with van der Waals surface area (Å²) in [6, 6.07) is 15.2. The van der Waals surface area contributed by atoms with E-state index >= 15 is 0 Å². The fourth-order valence-electron chi connectivity index (χ4n) is 8.65. The Morgan fingerprint density at radius 3 is 2.52 bits per heavy atom. The molecule has 3 saturated heterocycles. The number of aliphatic hydroxyl groups excluding tert-OH is 1. The zero-order valence-corrected chi connectivity index (χ0v) is 25.9. The molecule has 0 spiro atoms. The molecule has 1 amide bonds. The van der Waals surface area contributed by atoms with Crippen molar-refractivity contribution >= 4 is 11.8 Å². The van der Waals surface area contributed by atoms with Crippen molar-refractivity contribution in [2.75, 3.05) is 64.4 Å². The van der Waals surface area contributed by atoms with E-state index in [0.717, 1.165) is 95.7 Å². The van der Waals surface area contributed by atoms with E-state index in [1.807, 2.05) is 18.2 Å². The van der Waals surface area contributed by atoms with Gasteiger partial charge >= 0.3 is 6.09 Å². The second kappa shape index (κ2) is 13.4. The quantitative estimate of drug-likeness (QED) is 0.413. The van der Waals surface area contributed by atoms with Crippen LogP contribution in [0.5, 0.6) is 0 Å². The maximum atomic E-state index is 14.9. The van der Waals surface area contributed by atoms with Crippen molar-refractivity contribution in [3.63, 3.8) is 0 Å². The van der Waals surface area contributed by atoms with Crippen LogP contribution in [0.1, 0.15) is 55.2 Å². The molecule has 236 valence electrons. The number of benzene rings is 2. The van der Waals surface area contributed by atoms with Crippen molar-refractivity contribution in [1.82, 2.24) is 15.1 Å². The van der Waals surface area contributed by atoms with Crippen LogP contribution in [0.2, 0.25) is 0 Å². The first-order chi connectivity index (χ1) is 21.4. The molecule has 3 aliphatic heterocycles. The molecule has 2 aromatic rings. The van der Waals surface area contributed by atoms with E-state index in [1.54, 1.807) is 18.2 Å². The number of carbonyl (C=O) groups is 1. The Balaban J connectivity index is 1.16. The molecule has 0 bridgehead atoms. The summed E-state index contributed by atoms with van der Waals surface area (Å²) in [4.78, 5) is 19.9. The van der Waals surface area contributed by atoms with Gasteiger partial charge in [-0.2, -0.15) is 5.26 Å². The second-order valence-electron chi connectivity index (χ2n) is 13.4. The number of hydrogen-bond acceptors (Lipinski definition) is 7. The minimum Gasteiger partial charge on any atom is -0.453 e. The van der Waals surface area contributed by atoms with Gasteiger partial charge in [0.1, 0.15) is 5.82 Å². The SMILES string of the molecule is COC(=O)N[C@H]1CCC[C@@H]1C(CN1CCC1)(c1cccc(F)c1)C1CCN(CC2CN(c3ccc(C#N)c(CO)c3)C2)CC1. The van der Waals surface area contributed by atoms with Crippen LogP contribution in [0.4, 0.5) is 14.9 Å². The smallest absolute Gasteiger partial charge is 0.407 e. The number of hydrogen-bond donors (Lipinski definition) is 2. The Bertz CT molecular complexity index is 1350. The van der Waals surface area contributed by atoms with Gasteiger partial charge in [0.2, 0.25) is 0 Å². The number of nitrogens with one attached hydrogen (secondary N) is 1. The Hall–Kier alpha value is -3.19. The van der Waals surface area contributed by atoms with Crippen molar-refractivity contribution in [3.05, 3.63) is 65.0 Å². The lowest BCUT2D eigenvalue weighted by Gasteiger charge is -2.54. The van der Waals surface area contributed by atoms with Gasteiger partial charge < -0.3 is 29.9 Å². The van der Waals surface area contributed by atoms with Crippen LogP contribution in [0, 0.1) is 34.9 Å². The number of likely N-dealkylation sites (tertiary alicyclic amines) is 2. The second-order valence-corrected chi connectivity index (χ2v) is 13.4. The average Bonchev–Trinajstić information content (AvgIpc) is 3.46. The maximum Gasteiger partial charge on any atom is 0.407 e. The monoisotopic (exact) mass is 603 g/mol. The van der Waals surface area contributed by atoms with Crippen molar-refractivity contribution in [1.29, 1.82) is 5.26 Å². The van der Waals surface area contributed by atoms with Crippen molar-refractivity contribution in [2.24, 2.45) is 17.8 Å². The van der Waals surface area contributed by atoms with Gasteiger partial charge in [-0.1, -0.05) is 18.6 Å². The summed E-state index contributed by atoms with van der Waals surface area (Å²) < 4.78 is 19.9. The molecule has 44 heavy (non-hydrogen) atoms. The largest absolute Gasteiger partial charge is 0.453 e. The van der Waals surface area contributed by atoms with Gasteiger partial charge in [0.15, 0.2) is 0 Å². The molecule has 1 aliphatic carbocycles. The molecule has 9 heteroatoms. The third-order valence-electron chi connectivity index (χ3n) is 11.0. The molecule has 4 aliphatic rings. The molecule has 8 nitrogen and oxygen atoms in total. The van der Waals surface area contributed by atoms with E-state index in [2.05, 4.69) is 32.2 Å². The van der Waals surface area contributed by atoms with Gasteiger partial charge in [-0.15, -0.1) is 0 Å². The van der Waals surface area contributed by atoms with E-state index in [1.165, 1.54) is 13.5 Å². The first-order valence-corrected chi connectivity index (χ1v) is 16.4. The van der Waals surface area contributed by atoms with Gasteiger partial charge in [-0.3, -0.25) is 0 Å². The standard InChI is InChI=1S/C35H46FN5O3/c1-44-34(43)38-33-8-3-7-32(33)35(24-40-13-4-14-40,29-5-2-6-30(36)18-29)28-11-15-39(16-12-28)20-25-21-41(22-25)31-10-9-26(19-37)27(17-31)23-42/h2,5-6,9-10,17-18,25,28,32-33,42H,3-4,7-8,11-16,20-24H2,1H3,(H,38,43)/t32-,33-,35?/m0/s1. The highest BCUT2D eigenvalue weighted by Gasteiger charge is 2.53. The lowest BCUT2D eigenvalue weighted by atomic mass is 9.57. The predicted molar refractivity (Wildman–Crippen MR) is 168 cm³/mol. The number of carbonyl (C=O) groups excluding carboxylic acids is 1. The van der Waals surface area contributed by atoms with Crippen LogP contribution in [0.25, 0.3) is 0 Å². The summed E-state index contributed by atoms with van der Waals surface area (Å²) in [7, 11) is 1.42. The number of amides is 1. The van der Waals surface area contributed by atoms with Gasteiger partial charge in [0, 0.05) is 49.2 Å². The number of aliphatic hydroxyl groups is 1. The Labute approximate surface area is 260 Å². The summed E-state index contributed by atoms with van der Waals surface area (Å²) in [6.45, 7) is 7.98. The van der Waals surface area contributed by atoms with E-state index in [9.17, 15) is 19.6 Å². The van der Waals surface area contributed by atoms with E-state index in [0.29, 0.717) is 23.0 Å². The third kappa shape index (κ3) is 6.17. The number of rotatable bonds is 10. The molecule has 3 heterocycles. The molecule has 4 fully saturated rings. The van der Waals surface area contributed by atoms with Crippen LogP contribution in [-0.4, -0.2) is 86.5 Å². The van der Waals surface area contributed by atoms with Crippen LogP contribution >= 0.6 is 0 Å². The molecule has 3 atom stereocenters. The van der Waals surface area contributed by atoms with E-state index in [-0.39, 0.29) is 35.9 Å². The highest BCUT2D eigenvalue weighted by molar-refractivity contribution is 5.67. The molecule has 2 N–H and O–H groups in total. The highest BCUT2D eigenvalue weighted by Crippen LogP contribution is 2.51. The Morgan fingerprint density at radius 1 is 1.07 bits per heavy atom. The fourth-order valence-corrected chi connectivity index (χ4v) is 8.65. The summed E-state index contributed by atoms with van der Waals surface area (Å²) in [5.74, 6) is 1.00. The average molecular weight is 604 g/mol. The van der Waals surface area contributed by atoms with E-state index < -0.39 is 0 Å². The fraction of sp³-hybridized carbons (Fsp3) is 0.600. The Kier molecular flexibility index (Phi) is 9.41. The number of anilines is 1. The zero-order chi connectivity index (χ0) is 30.7. The predicted octanol–water partition coefficient (Wildman–Crippen LogP) is 4.51. The molecule has 0 aromatic heterocycles. The molecular formula is C35H46FN5O3. The topological polar surface area (TPSA) is 92.1 Å². The first-order valence-electron chi connectivity index (χ1n) is 16.4.